The van der Waals surface area contributed by atoms with E-state index in [1.165, 1.54) is 0 Å². The lowest BCUT2D eigenvalue weighted by molar-refractivity contribution is -0.0491. The van der Waals surface area contributed by atoms with Crippen molar-refractivity contribution >= 4 is 5.91 Å². The Morgan fingerprint density at radius 1 is 1.60 bits per heavy atom. The standard InChI is InChI=1S/C10H11F2N3O5/c11-4-1-15(9(19)6(14-4)8(13)18)10-5(12)7(17)3(2-16)20-10/h1,3,5,7,10,16-17H,2H2,(H2,13,18)/t3-,5-,7-,10-/m1/s1. The van der Waals surface area contributed by atoms with E-state index in [1.54, 1.807) is 0 Å². The van der Waals surface area contributed by atoms with Gasteiger partial charge in [0, 0.05) is 0 Å². The summed E-state index contributed by atoms with van der Waals surface area (Å²) in [6, 6.07) is 0. The first-order valence-corrected chi connectivity index (χ1v) is 5.53. The summed E-state index contributed by atoms with van der Waals surface area (Å²) in [7, 11) is 0. The first-order valence-electron chi connectivity index (χ1n) is 5.53. The number of ether oxygens (including phenoxy) is 1. The van der Waals surface area contributed by atoms with E-state index in [0.717, 1.165) is 0 Å². The van der Waals surface area contributed by atoms with Crippen molar-refractivity contribution in [1.29, 1.82) is 0 Å². The molecule has 4 atom stereocenters. The minimum Gasteiger partial charge on any atom is -0.394 e. The minimum absolute atomic E-state index is 0.436. The molecule has 0 aromatic carbocycles. The van der Waals surface area contributed by atoms with Crippen molar-refractivity contribution in [3.05, 3.63) is 28.2 Å². The highest BCUT2D eigenvalue weighted by Crippen LogP contribution is 2.30. The van der Waals surface area contributed by atoms with E-state index in [1.807, 2.05) is 0 Å². The molecule has 0 radical (unpaired) electrons. The van der Waals surface area contributed by atoms with Gasteiger partial charge in [0.25, 0.3) is 11.5 Å². The fourth-order valence-corrected chi connectivity index (χ4v) is 1.91. The Hall–Kier alpha value is -1.91. The Morgan fingerprint density at radius 3 is 2.75 bits per heavy atom. The van der Waals surface area contributed by atoms with Gasteiger partial charge in [-0.25, -0.2) is 9.37 Å². The van der Waals surface area contributed by atoms with E-state index in [9.17, 15) is 23.5 Å². The van der Waals surface area contributed by atoms with Crippen LogP contribution >= 0.6 is 0 Å². The molecule has 8 nitrogen and oxygen atoms in total. The summed E-state index contributed by atoms with van der Waals surface area (Å²) < 4.78 is 32.5. The van der Waals surface area contributed by atoms with Crippen LogP contribution in [-0.2, 0) is 4.74 Å². The highest BCUT2D eigenvalue weighted by atomic mass is 19.1. The van der Waals surface area contributed by atoms with E-state index >= 15 is 0 Å². The van der Waals surface area contributed by atoms with Crippen molar-refractivity contribution in [3.63, 3.8) is 0 Å². The zero-order valence-corrected chi connectivity index (χ0v) is 9.94. The normalized spacial score (nSPS) is 29.6. The average Bonchev–Trinajstić information content (AvgIpc) is 2.68. The number of aliphatic hydroxyl groups is 2. The molecular weight excluding hydrogens is 280 g/mol. The second-order valence-electron chi connectivity index (χ2n) is 4.17. The Bertz CT molecular complexity index is 593. The van der Waals surface area contributed by atoms with Gasteiger partial charge in [0.15, 0.2) is 18.1 Å². The second kappa shape index (κ2) is 5.23. The number of nitrogens with zero attached hydrogens (tertiary/aromatic N) is 2. The largest absolute Gasteiger partial charge is 0.394 e. The number of halogens is 2. The molecule has 0 aliphatic carbocycles. The molecule has 1 aliphatic heterocycles. The van der Waals surface area contributed by atoms with Gasteiger partial charge in [-0.3, -0.25) is 14.2 Å². The van der Waals surface area contributed by atoms with E-state index in [-0.39, 0.29) is 0 Å². The number of carbonyl (C=O) groups excluding carboxylic acids is 1. The summed E-state index contributed by atoms with van der Waals surface area (Å²) in [5, 5.41) is 18.3. The lowest BCUT2D eigenvalue weighted by Gasteiger charge is -2.16. The summed E-state index contributed by atoms with van der Waals surface area (Å²) >= 11 is 0. The molecule has 0 saturated carbocycles. The van der Waals surface area contributed by atoms with Crippen LogP contribution in [0.25, 0.3) is 0 Å². The van der Waals surface area contributed by atoms with Gasteiger partial charge in [-0.05, 0) is 0 Å². The molecule has 20 heavy (non-hydrogen) atoms. The zero-order valence-electron chi connectivity index (χ0n) is 9.94. The van der Waals surface area contributed by atoms with Crippen LogP contribution in [0.15, 0.2) is 11.0 Å². The predicted octanol–water partition coefficient (Wildman–Crippen LogP) is -1.93. The first-order chi connectivity index (χ1) is 9.36. The lowest BCUT2D eigenvalue weighted by Crippen LogP contribution is -2.37. The third kappa shape index (κ3) is 2.28. The first kappa shape index (κ1) is 14.5. The summed E-state index contributed by atoms with van der Waals surface area (Å²) in [6.07, 6.45) is -6.21. The molecule has 0 bridgehead atoms. The highest BCUT2D eigenvalue weighted by Gasteiger charge is 2.45. The number of primary amides is 1. The van der Waals surface area contributed by atoms with Crippen LogP contribution in [0.3, 0.4) is 0 Å². The molecule has 0 unspecified atom stereocenters. The molecule has 1 aliphatic rings. The number of aromatic nitrogens is 2. The summed E-state index contributed by atoms with van der Waals surface area (Å²) in [6.45, 7) is -0.691. The molecule has 0 spiro atoms. The van der Waals surface area contributed by atoms with Gasteiger partial charge < -0.3 is 20.7 Å². The molecule has 1 saturated heterocycles. The fraction of sp³-hybridized carbons (Fsp3) is 0.500. The maximum absolute atomic E-state index is 13.8. The van der Waals surface area contributed by atoms with Crippen molar-refractivity contribution in [3.8, 4) is 0 Å². The van der Waals surface area contributed by atoms with Crippen LogP contribution in [-0.4, -0.2) is 50.7 Å². The van der Waals surface area contributed by atoms with Crippen LogP contribution in [0.1, 0.15) is 16.7 Å². The number of amides is 1. The second-order valence-corrected chi connectivity index (χ2v) is 4.17. The quantitative estimate of drug-likeness (QED) is 0.595. The molecule has 10 heteroatoms. The third-order valence-corrected chi connectivity index (χ3v) is 2.88. The number of rotatable bonds is 3. The van der Waals surface area contributed by atoms with Crippen molar-refractivity contribution in [2.45, 2.75) is 24.6 Å². The minimum atomic E-state index is -2.09. The molecule has 1 amide bonds. The van der Waals surface area contributed by atoms with Crippen molar-refractivity contribution in [1.82, 2.24) is 9.55 Å². The number of hydrogen-bond acceptors (Lipinski definition) is 6. The molecule has 110 valence electrons. The molecule has 4 N–H and O–H groups in total. The predicted molar refractivity (Wildman–Crippen MR) is 58.9 cm³/mol. The monoisotopic (exact) mass is 291 g/mol. The molecule has 1 aromatic rings. The van der Waals surface area contributed by atoms with Gasteiger partial charge in [0.2, 0.25) is 5.95 Å². The van der Waals surface area contributed by atoms with Gasteiger partial charge >= 0.3 is 0 Å². The highest BCUT2D eigenvalue weighted by molar-refractivity contribution is 5.90. The Morgan fingerprint density at radius 2 is 2.25 bits per heavy atom. The van der Waals surface area contributed by atoms with Gasteiger partial charge in [-0.1, -0.05) is 0 Å². The molecule has 1 aromatic heterocycles. The number of carbonyl (C=O) groups is 1. The van der Waals surface area contributed by atoms with E-state index in [0.29, 0.717) is 10.8 Å². The zero-order chi connectivity index (χ0) is 15.0. The molecule has 1 fully saturated rings. The number of hydrogen-bond donors (Lipinski definition) is 3. The lowest BCUT2D eigenvalue weighted by atomic mass is 10.1. The smallest absolute Gasteiger partial charge is 0.284 e. The third-order valence-electron chi connectivity index (χ3n) is 2.88. The van der Waals surface area contributed by atoms with Gasteiger partial charge in [-0.15, -0.1) is 0 Å². The van der Waals surface area contributed by atoms with E-state index in [2.05, 4.69) is 4.98 Å². The fourth-order valence-electron chi connectivity index (χ4n) is 1.91. The SMILES string of the molecule is NC(=O)c1nc(F)cn([C@@H]2O[C@H](CO)[C@@H](O)[C@H]2F)c1=O. The van der Waals surface area contributed by atoms with Crippen LogP contribution in [0.4, 0.5) is 8.78 Å². The molecular formula is C10H11F2N3O5. The van der Waals surface area contributed by atoms with Crippen LogP contribution in [0, 0.1) is 5.95 Å². The van der Waals surface area contributed by atoms with E-state index < -0.39 is 54.3 Å². The van der Waals surface area contributed by atoms with Crippen LogP contribution in [0.5, 0.6) is 0 Å². The van der Waals surface area contributed by atoms with Crippen molar-refractivity contribution in [2.24, 2.45) is 5.73 Å². The van der Waals surface area contributed by atoms with Crippen molar-refractivity contribution < 1.29 is 28.5 Å². The number of aliphatic hydroxyl groups excluding tert-OH is 2. The Labute approximate surface area is 110 Å². The van der Waals surface area contributed by atoms with Crippen molar-refractivity contribution in [2.75, 3.05) is 6.61 Å². The summed E-state index contributed by atoms with van der Waals surface area (Å²) in [5.74, 6) is -2.52. The summed E-state index contributed by atoms with van der Waals surface area (Å²) in [4.78, 5) is 25.8. The maximum Gasteiger partial charge on any atom is 0.284 e. The van der Waals surface area contributed by atoms with Gasteiger partial charge in [0.1, 0.15) is 12.2 Å². The Balaban J connectivity index is 2.49. The number of alkyl halides is 1. The number of nitrogens with two attached hydrogens (primary N) is 1. The van der Waals surface area contributed by atoms with E-state index in [4.69, 9.17) is 15.6 Å². The Kier molecular flexibility index (Phi) is 3.79. The topological polar surface area (TPSA) is 128 Å². The van der Waals surface area contributed by atoms with Gasteiger partial charge in [0.05, 0.1) is 12.8 Å². The molecule has 2 heterocycles. The molecule has 2 rings (SSSR count). The van der Waals surface area contributed by atoms with Crippen LogP contribution < -0.4 is 11.3 Å². The van der Waals surface area contributed by atoms with Crippen LogP contribution in [0.2, 0.25) is 0 Å². The average molecular weight is 291 g/mol. The van der Waals surface area contributed by atoms with Gasteiger partial charge in [-0.2, -0.15) is 4.39 Å². The summed E-state index contributed by atoms with van der Waals surface area (Å²) in [5.41, 5.74) is 2.79. The maximum atomic E-state index is 13.8.